The van der Waals surface area contributed by atoms with Gasteiger partial charge >= 0.3 is 0 Å². The highest BCUT2D eigenvalue weighted by Gasteiger charge is 2.25. The molecule has 0 amide bonds. The largest absolute Gasteiger partial charge is 0.455 e. The van der Waals surface area contributed by atoms with Crippen LogP contribution in [0.25, 0.3) is 77.6 Å². The van der Waals surface area contributed by atoms with E-state index in [-0.39, 0.29) is 0 Å². The smallest absolute Gasteiger partial charge is 0.143 e. The van der Waals surface area contributed by atoms with Crippen molar-refractivity contribution >= 4 is 21.9 Å². The highest BCUT2D eigenvalue weighted by molar-refractivity contribution is 6.13. The van der Waals surface area contributed by atoms with Crippen LogP contribution in [-0.4, -0.2) is 4.98 Å². The van der Waals surface area contributed by atoms with Gasteiger partial charge in [-0.3, -0.25) is 4.98 Å². The summed E-state index contributed by atoms with van der Waals surface area (Å²) in [6.07, 6.45) is 3.68. The van der Waals surface area contributed by atoms with Gasteiger partial charge < -0.3 is 4.42 Å². The van der Waals surface area contributed by atoms with E-state index in [2.05, 4.69) is 114 Å². The van der Waals surface area contributed by atoms with Crippen LogP contribution in [0.5, 0.6) is 0 Å². The Balaban J connectivity index is 1.54. The average Bonchev–Trinajstić information content (AvgIpc) is 3.35. The number of rotatable bonds is 1. The van der Waals surface area contributed by atoms with E-state index in [1.807, 2.05) is 12.3 Å². The van der Waals surface area contributed by atoms with Crippen molar-refractivity contribution in [2.24, 2.45) is 0 Å². The Bertz CT molecular complexity index is 1990. The van der Waals surface area contributed by atoms with Crippen LogP contribution in [0, 0.1) is 0 Å². The van der Waals surface area contributed by atoms with Crippen molar-refractivity contribution in [3.8, 4) is 55.6 Å². The van der Waals surface area contributed by atoms with E-state index in [0.717, 1.165) is 33.1 Å². The fourth-order valence-corrected chi connectivity index (χ4v) is 5.99. The molecule has 1 aliphatic carbocycles. The summed E-state index contributed by atoms with van der Waals surface area (Å²) in [7, 11) is 0. The minimum absolute atomic E-state index is 0.857. The first-order valence-electron chi connectivity index (χ1n) is 12.6. The lowest BCUT2D eigenvalue weighted by Crippen LogP contribution is -1.98. The van der Waals surface area contributed by atoms with Crippen LogP contribution in [0.1, 0.15) is 0 Å². The molecule has 0 spiro atoms. The predicted octanol–water partition coefficient (Wildman–Crippen LogP) is 9.63. The maximum absolute atomic E-state index is 6.46. The van der Waals surface area contributed by atoms with Gasteiger partial charge in [0, 0.05) is 28.7 Å². The predicted molar refractivity (Wildman–Crippen MR) is 152 cm³/mol. The van der Waals surface area contributed by atoms with Crippen molar-refractivity contribution in [1.29, 1.82) is 0 Å². The molecule has 2 nitrogen and oxygen atoms in total. The van der Waals surface area contributed by atoms with Gasteiger partial charge in [-0.15, -0.1) is 0 Å². The number of aromatic nitrogens is 1. The fourth-order valence-electron chi connectivity index (χ4n) is 5.99. The third-order valence-electron chi connectivity index (χ3n) is 7.57. The molecule has 0 saturated carbocycles. The summed E-state index contributed by atoms with van der Waals surface area (Å²) in [5, 5.41) is 2.13. The summed E-state index contributed by atoms with van der Waals surface area (Å²) in [5.41, 5.74) is 13.9. The Kier molecular flexibility index (Phi) is 4.26. The molecule has 2 aromatic heterocycles. The van der Waals surface area contributed by atoms with E-state index in [1.54, 1.807) is 6.20 Å². The molecule has 1 aliphatic rings. The first-order valence-corrected chi connectivity index (χ1v) is 12.6. The van der Waals surface area contributed by atoms with Crippen molar-refractivity contribution in [2.45, 2.75) is 0 Å². The van der Waals surface area contributed by atoms with Gasteiger partial charge in [-0.2, -0.15) is 0 Å². The molecule has 172 valence electrons. The molecular weight excluding hydrogens is 450 g/mol. The molecule has 0 bridgehead atoms. The second-order valence-electron chi connectivity index (χ2n) is 9.52. The van der Waals surface area contributed by atoms with Gasteiger partial charge in [-0.1, -0.05) is 109 Å². The molecule has 7 aromatic rings. The van der Waals surface area contributed by atoms with Gasteiger partial charge in [0.25, 0.3) is 0 Å². The third-order valence-corrected chi connectivity index (χ3v) is 7.57. The molecule has 8 rings (SSSR count). The summed E-state index contributed by atoms with van der Waals surface area (Å²) in [6, 6.07) is 41.3. The Labute approximate surface area is 214 Å². The Hall–Kier alpha value is -4.95. The second-order valence-corrected chi connectivity index (χ2v) is 9.52. The highest BCUT2D eigenvalue weighted by Crippen LogP contribution is 2.51. The first kappa shape index (κ1) is 20.3. The lowest BCUT2D eigenvalue weighted by atomic mass is 9.78. The standard InChI is InChI=1S/C35H21NO/c1-2-10-23-22(9-1)24-11-3-4-12-26(24)28-15-7-16-29(34(28)27-14-6-5-13-25(23)27)30-17-8-18-31-32-21-36-20-19-33(32)37-35(30)31/h1-21H. The van der Waals surface area contributed by atoms with Crippen LogP contribution >= 0.6 is 0 Å². The molecule has 0 atom stereocenters. The second kappa shape index (κ2) is 7.78. The van der Waals surface area contributed by atoms with E-state index in [1.165, 1.54) is 44.5 Å². The number of benzene rings is 5. The van der Waals surface area contributed by atoms with Gasteiger partial charge in [0.05, 0.1) is 0 Å². The third kappa shape index (κ3) is 2.90. The molecular formula is C35H21NO. The number of hydrogen-bond acceptors (Lipinski definition) is 2. The number of para-hydroxylation sites is 1. The lowest BCUT2D eigenvalue weighted by molar-refractivity contribution is 0.669. The molecule has 0 unspecified atom stereocenters. The molecule has 2 heterocycles. The van der Waals surface area contributed by atoms with E-state index in [9.17, 15) is 0 Å². The Morgan fingerprint density at radius 1 is 0.405 bits per heavy atom. The average molecular weight is 472 g/mol. The zero-order valence-corrected chi connectivity index (χ0v) is 20.0. The molecule has 0 radical (unpaired) electrons. The van der Waals surface area contributed by atoms with E-state index in [0.29, 0.717) is 0 Å². The van der Waals surface area contributed by atoms with Crippen LogP contribution in [0.15, 0.2) is 132 Å². The van der Waals surface area contributed by atoms with E-state index < -0.39 is 0 Å². The Morgan fingerprint density at radius 2 is 0.892 bits per heavy atom. The van der Waals surface area contributed by atoms with Crippen molar-refractivity contribution in [3.05, 3.63) is 128 Å². The van der Waals surface area contributed by atoms with Crippen LogP contribution < -0.4 is 0 Å². The summed E-state index contributed by atoms with van der Waals surface area (Å²) in [5.74, 6) is 0. The van der Waals surface area contributed by atoms with Gasteiger partial charge in [0.1, 0.15) is 11.2 Å². The number of fused-ring (bicyclic) bond motifs is 11. The molecule has 0 aliphatic heterocycles. The number of nitrogens with zero attached hydrogens (tertiary/aromatic N) is 1. The van der Waals surface area contributed by atoms with Crippen LogP contribution in [0.3, 0.4) is 0 Å². The minimum Gasteiger partial charge on any atom is -0.455 e. The van der Waals surface area contributed by atoms with Crippen molar-refractivity contribution in [1.82, 2.24) is 4.98 Å². The van der Waals surface area contributed by atoms with Crippen molar-refractivity contribution < 1.29 is 4.42 Å². The zero-order valence-electron chi connectivity index (χ0n) is 20.0. The van der Waals surface area contributed by atoms with Crippen LogP contribution in [-0.2, 0) is 0 Å². The molecule has 0 N–H and O–H groups in total. The Morgan fingerprint density at radius 3 is 1.57 bits per heavy atom. The van der Waals surface area contributed by atoms with Gasteiger partial charge in [0.2, 0.25) is 0 Å². The number of pyridine rings is 1. The van der Waals surface area contributed by atoms with Crippen molar-refractivity contribution in [3.63, 3.8) is 0 Å². The molecule has 5 aromatic carbocycles. The minimum atomic E-state index is 0.857. The molecule has 0 saturated heterocycles. The maximum atomic E-state index is 6.46. The summed E-state index contributed by atoms with van der Waals surface area (Å²) in [4.78, 5) is 4.35. The summed E-state index contributed by atoms with van der Waals surface area (Å²) >= 11 is 0. The van der Waals surface area contributed by atoms with Gasteiger partial charge in [0.15, 0.2) is 0 Å². The lowest BCUT2D eigenvalue weighted by Gasteiger charge is -2.25. The first-order chi connectivity index (χ1) is 18.4. The van der Waals surface area contributed by atoms with E-state index >= 15 is 0 Å². The normalized spacial score (nSPS) is 11.8. The number of furan rings is 1. The number of hydrogen-bond donors (Lipinski definition) is 0. The highest BCUT2D eigenvalue weighted by atomic mass is 16.3. The topological polar surface area (TPSA) is 26.0 Å². The molecule has 37 heavy (non-hydrogen) atoms. The van der Waals surface area contributed by atoms with Gasteiger partial charge in [-0.05, 0) is 56.1 Å². The zero-order chi connectivity index (χ0) is 24.3. The van der Waals surface area contributed by atoms with Crippen molar-refractivity contribution in [2.75, 3.05) is 0 Å². The molecule has 2 heteroatoms. The molecule has 0 fully saturated rings. The SMILES string of the molecule is c1ccc2c(c1)-c1ccccc1-c1cccc(-c3cccc4c3oc3ccncc34)c1-c1ccccc1-2. The monoisotopic (exact) mass is 471 g/mol. The summed E-state index contributed by atoms with van der Waals surface area (Å²) < 4.78 is 6.46. The van der Waals surface area contributed by atoms with E-state index in [4.69, 9.17) is 4.42 Å². The quantitative estimate of drug-likeness (QED) is 0.238. The maximum Gasteiger partial charge on any atom is 0.143 e. The van der Waals surface area contributed by atoms with Crippen LogP contribution in [0.2, 0.25) is 0 Å². The summed E-state index contributed by atoms with van der Waals surface area (Å²) in [6.45, 7) is 0. The fraction of sp³-hybridized carbons (Fsp3) is 0. The van der Waals surface area contributed by atoms with Crippen LogP contribution in [0.4, 0.5) is 0 Å². The van der Waals surface area contributed by atoms with Gasteiger partial charge in [-0.25, -0.2) is 0 Å².